The van der Waals surface area contributed by atoms with Crippen molar-refractivity contribution < 1.29 is 4.74 Å². The van der Waals surface area contributed by atoms with Crippen molar-refractivity contribution in [3.63, 3.8) is 0 Å². The molecule has 1 aliphatic carbocycles. The van der Waals surface area contributed by atoms with Gasteiger partial charge >= 0.3 is 0 Å². The first-order valence-corrected chi connectivity index (χ1v) is 7.30. The lowest BCUT2D eigenvalue weighted by atomic mass is 10.0. The highest BCUT2D eigenvalue weighted by Crippen LogP contribution is 2.30. The Morgan fingerprint density at radius 2 is 2.29 bits per heavy atom. The number of hydrogen-bond acceptors (Lipinski definition) is 3. The van der Waals surface area contributed by atoms with Crippen molar-refractivity contribution in [3.8, 4) is 5.75 Å². The molecule has 2 atom stereocenters. The van der Waals surface area contributed by atoms with Crippen LogP contribution in [-0.2, 0) is 0 Å². The van der Waals surface area contributed by atoms with Crippen molar-refractivity contribution in [2.24, 2.45) is 11.7 Å². The third-order valence-corrected chi connectivity index (χ3v) is 4.54. The molecule has 0 saturated heterocycles. The Labute approximate surface area is 108 Å². The van der Waals surface area contributed by atoms with Crippen LogP contribution < -0.4 is 10.5 Å². The van der Waals surface area contributed by atoms with Gasteiger partial charge in [-0.05, 0) is 49.1 Å². The van der Waals surface area contributed by atoms with E-state index in [1.165, 1.54) is 30.6 Å². The van der Waals surface area contributed by atoms with Gasteiger partial charge in [0.1, 0.15) is 5.75 Å². The van der Waals surface area contributed by atoms with E-state index >= 15 is 0 Å². The Hall–Kier alpha value is -0.670. The van der Waals surface area contributed by atoms with E-state index in [1.807, 2.05) is 23.9 Å². The Bertz CT molecular complexity index is 356. The number of rotatable bonds is 5. The summed E-state index contributed by atoms with van der Waals surface area (Å²) in [5, 5.41) is 0. The summed E-state index contributed by atoms with van der Waals surface area (Å²) in [6, 6.07) is 8.71. The van der Waals surface area contributed by atoms with Gasteiger partial charge in [0.05, 0.1) is 7.11 Å². The van der Waals surface area contributed by atoms with Crippen molar-refractivity contribution in [1.29, 1.82) is 0 Å². The van der Waals surface area contributed by atoms with Crippen molar-refractivity contribution in [2.45, 2.75) is 36.6 Å². The molecule has 0 aromatic heterocycles. The van der Waals surface area contributed by atoms with Crippen LogP contribution in [0.2, 0.25) is 0 Å². The average molecular weight is 251 g/mol. The molecule has 2 N–H and O–H groups in total. The van der Waals surface area contributed by atoms with Crippen molar-refractivity contribution in [1.82, 2.24) is 0 Å². The molecule has 0 radical (unpaired) electrons. The molecule has 2 rings (SSSR count). The largest absolute Gasteiger partial charge is 0.497 e. The van der Waals surface area contributed by atoms with Crippen LogP contribution in [0.1, 0.15) is 25.7 Å². The molecule has 1 aromatic rings. The molecule has 1 aromatic carbocycles. The number of benzene rings is 1. The van der Waals surface area contributed by atoms with E-state index in [2.05, 4.69) is 12.1 Å². The summed E-state index contributed by atoms with van der Waals surface area (Å²) in [5.41, 5.74) is 6.07. The molecule has 0 bridgehead atoms. The second kappa shape index (κ2) is 6.31. The van der Waals surface area contributed by atoms with E-state index < -0.39 is 0 Å². The summed E-state index contributed by atoms with van der Waals surface area (Å²) >= 11 is 1.90. The molecule has 94 valence electrons. The van der Waals surface area contributed by atoms with Crippen LogP contribution in [0.3, 0.4) is 0 Å². The minimum absolute atomic E-state index is 0.445. The smallest absolute Gasteiger partial charge is 0.119 e. The van der Waals surface area contributed by atoms with Gasteiger partial charge in [-0.3, -0.25) is 0 Å². The monoisotopic (exact) mass is 251 g/mol. The Kier molecular flexibility index (Phi) is 4.75. The summed E-state index contributed by atoms with van der Waals surface area (Å²) in [6.45, 7) is 0. The molecule has 2 nitrogen and oxygen atoms in total. The van der Waals surface area contributed by atoms with Crippen LogP contribution in [-0.4, -0.2) is 18.9 Å². The highest BCUT2D eigenvalue weighted by atomic mass is 32.2. The van der Waals surface area contributed by atoms with E-state index in [0.29, 0.717) is 6.04 Å². The Balaban J connectivity index is 1.77. The molecular weight excluding hydrogens is 230 g/mol. The molecule has 1 saturated carbocycles. The van der Waals surface area contributed by atoms with E-state index in [-0.39, 0.29) is 0 Å². The van der Waals surface area contributed by atoms with Crippen LogP contribution in [0.15, 0.2) is 29.2 Å². The zero-order valence-corrected chi connectivity index (χ0v) is 11.2. The lowest BCUT2D eigenvalue weighted by molar-refractivity contribution is 0.413. The van der Waals surface area contributed by atoms with Gasteiger partial charge in [0.15, 0.2) is 0 Å². The van der Waals surface area contributed by atoms with Crippen LogP contribution in [0, 0.1) is 5.92 Å². The summed E-state index contributed by atoms with van der Waals surface area (Å²) in [5.74, 6) is 2.84. The SMILES string of the molecule is COc1cccc(SCCC2CCCC2N)c1. The molecular formula is C14H21NOS. The van der Waals surface area contributed by atoms with Gasteiger partial charge in [0.25, 0.3) is 0 Å². The average Bonchev–Trinajstić information content (AvgIpc) is 2.76. The molecule has 1 fully saturated rings. The maximum absolute atomic E-state index is 6.07. The number of hydrogen-bond donors (Lipinski definition) is 1. The first kappa shape index (κ1) is 12.8. The van der Waals surface area contributed by atoms with E-state index in [9.17, 15) is 0 Å². The van der Waals surface area contributed by atoms with Gasteiger partial charge in [-0.1, -0.05) is 12.5 Å². The molecule has 17 heavy (non-hydrogen) atoms. The fraction of sp³-hybridized carbons (Fsp3) is 0.571. The zero-order valence-electron chi connectivity index (χ0n) is 10.4. The molecule has 3 heteroatoms. The first-order chi connectivity index (χ1) is 8.29. The summed E-state index contributed by atoms with van der Waals surface area (Å²) < 4.78 is 5.22. The van der Waals surface area contributed by atoms with E-state index in [0.717, 1.165) is 17.4 Å². The van der Waals surface area contributed by atoms with Gasteiger partial charge in [0, 0.05) is 10.9 Å². The van der Waals surface area contributed by atoms with Crippen molar-refractivity contribution in [2.75, 3.05) is 12.9 Å². The number of ether oxygens (including phenoxy) is 1. The van der Waals surface area contributed by atoms with Gasteiger partial charge in [0.2, 0.25) is 0 Å². The zero-order chi connectivity index (χ0) is 12.1. The van der Waals surface area contributed by atoms with Gasteiger partial charge in [-0.25, -0.2) is 0 Å². The van der Waals surface area contributed by atoms with Gasteiger partial charge in [-0.2, -0.15) is 0 Å². The van der Waals surface area contributed by atoms with Crippen LogP contribution >= 0.6 is 11.8 Å². The standard InChI is InChI=1S/C14H21NOS/c1-16-12-5-3-6-13(10-12)17-9-8-11-4-2-7-14(11)15/h3,5-6,10-11,14H,2,4,7-9,15H2,1H3. The quantitative estimate of drug-likeness (QED) is 0.815. The normalized spacial score (nSPS) is 23.9. The van der Waals surface area contributed by atoms with Gasteiger partial charge < -0.3 is 10.5 Å². The minimum Gasteiger partial charge on any atom is -0.497 e. The summed E-state index contributed by atoms with van der Waals surface area (Å²) in [4.78, 5) is 1.29. The minimum atomic E-state index is 0.445. The fourth-order valence-electron chi connectivity index (χ4n) is 2.44. The van der Waals surface area contributed by atoms with E-state index in [4.69, 9.17) is 10.5 Å². The molecule has 2 unspecified atom stereocenters. The predicted molar refractivity (Wildman–Crippen MR) is 73.7 cm³/mol. The van der Waals surface area contributed by atoms with Crippen LogP contribution in [0.5, 0.6) is 5.75 Å². The van der Waals surface area contributed by atoms with Crippen molar-refractivity contribution >= 4 is 11.8 Å². The van der Waals surface area contributed by atoms with Crippen molar-refractivity contribution in [3.05, 3.63) is 24.3 Å². The van der Waals surface area contributed by atoms with Gasteiger partial charge in [-0.15, -0.1) is 11.8 Å². The number of methoxy groups -OCH3 is 1. The first-order valence-electron chi connectivity index (χ1n) is 6.32. The predicted octanol–water partition coefficient (Wildman–Crippen LogP) is 3.30. The van der Waals surface area contributed by atoms with Crippen LogP contribution in [0.4, 0.5) is 0 Å². The Morgan fingerprint density at radius 1 is 1.41 bits per heavy atom. The number of thioether (sulfide) groups is 1. The molecule has 0 aliphatic heterocycles. The summed E-state index contributed by atoms with van der Waals surface area (Å²) in [7, 11) is 1.71. The highest BCUT2D eigenvalue weighted by molar-refractivity contribution is 7.99. The fourth-order valence-corrected chi connectivity index (χ4v) is 3.47. The number of nitrogens with two attached hydrogens (primary N) is 1. The third-order valence-electron chi connectivity index (χ3n) is 3.52. The summed E-state index contributed by atoms with van der Waals surface area (Å²) in [6.07, 6.45) is 5.09. The van der Waals surface area contributed by atoms with E-state index in [1.54, 1.807) is 7.11 Å². The molecule has 0 amide bonds. The maximum Gasteiger partial charge on any atom is 0.119 e. The highest BCUT2D eigenvalue weighted by Gasteiger charge is 2.23. The Morgan fingerprint density at radius 3 is 3.00 bits per heavy atom. The second-order valence-electron chi connectivity index (χ2n) is 4.67. The lowest BCUT2D eigenvalue weighted by Crippen LogP contribution is -2.24. The lowest BCUT2D eigenvalue weighted by Gasteiger charge is -2.14. The third kappa shape index (κ3) is 3.65. The van der Waals surface area contributed by atoms with Crippen LogP contribution in [0.25, 0.3) is 0 Å². The second-order valence-corrected chi connectivity index (χ2v) is 5.84. The maximum atomic E-state index is 6.07. The molecule has 1 aliphatic rings. The molecule has 0 heterocycles. The molecule has 0 spiro atoms. The topological polar surface area (TPSA) is 35.2 Å².